The van der Waals surface area contributed by atoms with Gasteiger partial charge in [-0.15, -0.1) is 0 Å². The van der Waals surface area contributed by atoms with Crippen molar-refractivity contribution in [3.05, 3.63) is 35.9 Å². The fraction of sp³-hybridized carbons (Fsp3) is 0.500. The topological polar surface area (TPSA) is 41.6 Å². The molecule has 1 aromatic rings. The van der Waals surface area contributed by atoms with E-state index in [2.05, 4.69) is 17.3 Å². The van der Waals surface area contributed by atoms with Crippen molar-refractivity contribution in [2.24, 2.45) is 0 Å². The zero-order chi connectivity index (χ0) is 12.8. The van der Waals surface area contributed by atoms with E-state index in [0.717, 1.165) is 26.1 Å². The summed E-state index contributed by atoms with van der Waals surface area (Å²) in [6.45, 7) is 3.38. The molecule has 0 radical (unpaired) electrons. The van der Waals surface area contributed by atoms with E-state index in [0.29, 0.717) is 12.1 Å². The third-order valence-electron chi connectivity index (χ3n) is 3.13. The number of hydrogen-bond acceptors (Lipinski definition) is 3. The minimum Gasteiger partial charge on any atom is -0.375 e. The van der Waals surface area contributed by atoms with Crippen LogP contribution < -0.4 is 5.32 Å². The highest BCUT2D eigenvalue weighted by molar-refractivity contribution is 5.94. The smallest absolute Gasteiger partial charge is 0.251 e. The monoisotopic (exact) mass is 248 g/mol. The number of nitrogens with one attached hydrogen (secondary N) is 1. The number of amides is 1. The molecule has 4 nitrogen and oxygen atoms in total. The Morgan fingerprint density at radius 3 is 2.94 bits per heavy atom. The lowest BCUT2D eigenvalue weighted by Gasteiger charge is -2.30. The Labute approximate surface area is 108 Å². The minimum atomic E-state index is -0.0141. The summed E-state index contributed by atoms with van der Waals surface area (Å²) in [7, 11) is 2.10. The first-order valence-electron chi connectivity index (χ1n) is 6.39. The van der Waals surface area contributed by atoms with E-state index in [-0.39, 0.29) is 12.0 Å². The summed E-state index contributed by atoms with van der Waals surface area (Å²) in [5.74, 6) is -0.0141. The highest BCUT2D eigenvalue weighted by Crippen LogP contribution is 2.06. The summed E-state index contributed by atoms with van der Waals surface area (Å²) in [6, 6.07) is 9.28. The number of hydrogen-bond donors (Lipinski definition) is 1. The number of ether oxygens (including phenoxy) is 1. The molecule has 98 valence electrons. The van der Waals surface area contributed by atoms with Crippen molar-refractivity contribution >= 4 is 5.91 Å². The highest BCUT2D eigenvalue weighted by atomic mass is 16.5. The summed E-state index contributed by atoms with van der Waals surface area (Å²) >= 11 is 0. The Balaban J connectivity index is 1.70. The number of benzene rings is 1. The van der Waals surface area contributed by atoms with Gasteiger partial charge in [0.1, 0.15) is 0 Å². The van der Waals surface area contributed by atoms with E-state index in [1.54, 1.807) is 0 Å². The van der Waals surface area contributed by atoms with Gasteiger partial charge in [-0.25, -0.2) is 0 Å². The molecule has 1 heterocycles. The molecular formula is C14H20N2O2. The van der Waals surface area contributed by atoms with Crippen molar-refractivity contribution in [2.75, 3.05) is 33.3 Å². The molecule has 1 aromatic carbocycles. The fourth-order valence-corrected chi connectivity index (χ4v) is 2.08. The van der Waals surface area contributed by atoms with E-state index in [1.807, 2.05) is 30.3 Å². The number of nitrogens with zero attached hydrogens (tertiary/aromatic N) is 1. The summed E-state index contributed by atoms with van der Waals surface area (Å²) in [5.41, 5.74) is 0.708. The minimum absolute atomic E-state index is 0.0141. The van der Waals surface area contributed by atoms with Crippen LogP contribution in [0, 0.1) is 0 Å². The number of rotatable bonds is 4. The highest BCUT2D eigenvalue weighted by Gasteiger charge is 2.17. The molecular weight excluding hydrogens is 228 g/mol. The standard InChI is InChI=1S/C14H20N2O2/c1-16-9-10-18-13(11-16)7-8-15-14(17)12-5-3-2-4-6-12/h2-6,13H,7-11H2,1H3,(H,15,17). The van der Waals surface area contributed by atoms with Crippen molar-refractivity contribution in [1.82, 2.24) is 10.2 Å². The van der Waals surface area contributed by atoms with Crippen molar-refractivity contribution < 1.29 is 9.53 Å². The Morgan fingerprint density at radius 1 is 1.44 bits per heavy atom. The Hall–Kier alpha value is -1.39. The second-order valence-electron chi connectivity index (χ2n) is 4.67. The van der Waals surface area contributed by atoms with Crippen LogP contribution in [0.15, 0.2) is 30.3 Å². The number of carbonyl (C=O) groups excluding carboxylic acids is 1. The van der Waals surface area contributed by atoms with E-state index < -0.39 is 0 Å². The molecule has 0 spiro atoms. The molecule has 2 rings (SSSR count). The van der Waals surface area contributed by atoms with Gasteiger partial charge in [0.25, 0.3) is 5.91 Å². The predicted molar refractivity (Wildman–Crippen MR) is 70.6 cm³/mol. The molecule has 1 amide bonds. The SMILES string of the molecule is CN1CCOC(CCNC(=O)c2ccccc2)C1. The van der Waals surface area contributed by atoms with Crippen LogP contribution in [-0.2, 0) is 4.74 Å². The zero-order valence-electron chi connectivity index (χ0n) is 10.8. The molecule has 1 saturated heterocycles. The van der Waals surface area contributed by atoms with Crippen LogP contribution in [0.4, 0.5) is 0 Å². The summed E-state index contributed by atoms with van der Waals surface area (Å²) in [4.78, 5) is 14.0. The number of likely N-dealkylation sites (N-methyl/N-ethyl adjacent to an activating group) is 1. The van der Waals surface area contributed by atoms with Crippen LogP contribution in [0.1, 0.15) is 16.8 Å². The predicted octanol–water partition coefficient (Wildman–Crippen LogP) is 1.14. The molecule has 1 unspecified atom stereocenters. The third-order valence-corrected chi connectivity index (χ3v) is 3.13. The molecule has 4 heteroatoms. The Morgan fingerprint density at radius 2 is 2.22 bits per heavy atom. The summed E-state index contributed by atoms with van der Waals surface area (Å²) in [6.07, 6.45) is 1.10. The fourth-order valence-electron chi connectivity index (χ4n) is 2.08. The van der Waals surface area contributed by atoms with E-state index in [1.165, 1.54) is 0 Å². The van der Waals surface area contributed by atoms with Crippen LogP contribution >= 0.6 is 0 Å². The summed E-state index contributed by atoms with van der Waals surface area (Å²) in [5, 5.41) is 2.92. The average molecular weight is 248 g/mol. The van der Waals surface area contributed by atoms with Crippen LogP contribution in [0.3, 0.4) is 0 Å². The van der Waals surface area contributed by atoms with Crippen molar-refractivity contribution in [1.29, 1.82) is 0 Å². The lowest BCUT2D eigenvalue weighted by atomic mass is 10.2. The van der Waals surface area contributed by atoms with Gasteiger partial charge in [-0.1, -0.05) is 18.2 Å². The Bertz CT molecular complexity index is 381. The molecule has 0 bridgehead atoms. The maximum absolute atomic E-state index is 11.8. The van der Waals surface area contributed by atoms with E-state index in [9.17, 15) is 4.79 Å². The van der Waals surface area contributed by atoms with Gasteiger partial charge in [-0.3, -0.25) is 4.79 Å². The third kappa shape index (κ3) is 3.82. The van der Waals surface area contributed by atoms with Crippen LogP contribution in [0.25, 0.3) is 0 Å². The zero-order valence-corrected chi connectivity index (χ0v) is 10.8. The number of carbonyl (C=O) groups is 1. The van der Waals surface area contributed by atoms with Crippen LogP contribution in [0.5, 0.6) is 0 Å². The normalized spacial score (nSPS) is 20.6. The molecule has 1 aliphatic rings. The molecule has 1 atom stereocenters. The van der Waals surface area contributed by atoms with Gasteiger partial charge in [-0.2, -0.15) is 0 Å². The van der Waals surface area contributed by atoms with Crippen molar-refractivity contribution in [2.45, 2.75) is 12.5 Å². The lowest BCUT2D eigenvalue weighted by Crippen LogP contribution is -2.41. The first kappa shape index (κ1) is 13.1. The largest absolute Gasteiger partial charge is 0.375 e. The molecule has 1 fully saturated rings. The lowest BCUT2D eigenvalue weighted by molar-refractivity contribution is -0.0225. The van der Waals surface area contributed by atoms with E-state index >= 15 is 0 Å². The van der Waals surface area contributed by atoms with Gasteiger partial charge in [0.05, 0.1) is 12.7 Å². The Kier molecular flexibility index (Phi) is 4.73. The second kappa shape index (κ2) is 6.52. The maximum Gasteiger partial charge on any atom is 0.251 e. The quantitative estimate of drug-likeness (QED) is 0.868. The molecule has 1 aliphatic heterocycles. The van der Waals surface area contributed by atoms with Gasteiger partial charge in [0.15, 0.2) is 0 Å². The van der Waals surface area contributed by atoms with E-state index in [4.69, 9.17) is 4.74 Å². The average Bonchev–Trinajstić information content (AvgIpc) is 2.40. The van der Waals surface area contributed by atoms with Gasteiger partial charge in [-0.05, 0) is 25.6 Å². The first-order valence-corrected chi connectivity index (χ1v) is 6.39. The maximum atomic E-state index is 11.8. The van der Waals surface area contributed by atoms with Gasteiger partial charge >= 0.3 is 0 Å². The second-order valence-corrected chi connectivity index (χ2v) is 4.67. The summed E-state index contributed by atoms with van der Waals surface area (Å²) < 4.78 is 5.64. The molecule has 0 aliphatic carbocycles. The molecule has 0 saturated carbocycles. The van der Waals surface area contributed by atoms with Crippen molar-refractivity contribution in [3.8, 4) is 0 Å². The molecule has 18 heavy (non-hydrogen) atoms. The molecule has 1 N–H and O–H groups in total. The van der Waals surface area contributed by atoms with Crippen molar-refractivity contribution in [3.63, 3.8) is 0 Å². The number of morpholine rings is 1. The van der Waals surface area contributed by atoms with Gasteiger partial charge < -0.3 is 15.0 Å². The van der Waals surface area contributed by atoms with Crippen LogP contribution in [0.2, 0.25) is 0 Å². The molecule has 0 aromatic heterocycles. The van der Waals surface area contributed by atoms with Gasteiger partial charge in [0.2, 0.25) is 0 Å². The van der Waals surface area contributed by atoms with Gasteiger partial charge in [0, 0.05) is 25.2 Å². The first-order chi connectivity index (χ1) is 8.75. The van der Waals surface area contributed by atoms with Crippen LogP contribution in [-0.4, -0.2) is 50.2 Å².